The highest BCUT2D eigenvalue weighted by Crippen LogP contribution is 2.23. The van der Waals surface area contributed by atoms with Crippen LogP contribution in [0.4, 0.5) is 0 Å². The summed E-state index contributed by atoms with van der Waals surface area (Å²) in [6, 6.07) is 2.71. The number of carbonyl (C=O) groups excluding carboxylic acids is 1. The molecule has 0 unspecified atom stereocenters. The topological polar surface area (TPSA) is 60.4 Å². The highest BCUT2D eigenvalue weighted by molar-refractivity contribution is 8.13. The number of carbonyl (C=O) groups is 1. The van der Waals surface area contributed by atoms with Gasteiger partial charge in [-0.3, -0.25) is 0 Å². The zero-order valence-corrected chi connectivity index (χ0v) is 13.6. The van der Waals surface area contributed by atoms with Crippen LogP contribution in [0.15, 0.2) is 17.0 Å². The van der Waals surface area contributed by atoms with Gasteiger partial charge in [-0.05, 0) is 49.4 Å². The van der Waals surface area contributed by atoms with Gasteiger partial charge in [-0.25, -0.2) is 13.2 Å². The van der Waals surface area contributed by atoms with Crippen molar-refractivity contribution in [1.82, 2.24) is 0 Å². The van der Waals surface area contributed by atoms with E-state index >= 15 is 0 Å². The third kappa shape index (κ3) is 4.49. The molecular weight excluding hydrogens is 300 g/mol. The standard InChI is InChI=1S/C14H19ClO4S/c1-9(2)5-6-19-14(16)13-8-12(20(15,17)18)7-10(3)11(13)4/h7-9H,5-6H2,1-4H3. The van der Waals surface area contributed by atoms with E-state index in [1.54, 1.807) is 13.8 Å². The minimum atomic E-state index is -3.87. The van der Waals surface area contributed by atoms with Gasteiger partial charge in [0.1, 0.15) is 0 Å². The van der Waals surface area contributed by atoms with E-state index in [2.05, 4.69) is 0 Å². The van der Waals surface area contributed by atoms with Gasteiger partial charge in [0.2, 0.25) is 0 Å². The molecule has 0 atom stereocenters. The number of ether oxygens (including phenoxy) is 1. The molecule has 6 heteroatoms. The van der Waals surface area contributed by atoms with E-state index in [1.165, 1.54) is 12.1 Å². The number of benzene rings is 1. The molecule has 112 valence electrons. The van der Waals surface area contributed by atoms with E-state index in [1.807, 2.05) is 13.8 Å². The Bertz CT molecular complexity index is 606. The van der Waals surface area contributed by atoms with Gasteiger partial charge in [0.05, 0.1) is 17.1 Å². The quantitative estimate of drug-likeness (QED) is 0.616. The molecular formula is C14H19ClO4S. The van der Waals surface area contributed by atoms with Crippen molar-refractivity contribution in [1.29, 1.82) is 0 Å². The maximum atomic E-state index is 12.0. The molecule has 0 N–H and O–H groups in total. The smallest absolute Gasteiger partial charge is 0.338 e. The summed E-state index contributed by atoms with van der Waals surface area (Å²) in [5.74, 6) is -0.0893. The number of halogens is 1. The Morgan fingerprint density at radius 1 is 1.30 bits per heavy atom. The molecule has 0 spiro atoms. The Morgan fingerprint density at radius 3 is 2.40 bits per heavy atom. The fourth-order valence-corrected chi connectivity index (χ4v) is 2.49. The van der Waals surface area contributed by atoms with Gasteiger partial charge in [0.15, 0.2) is 0 Å². The SMILES string of the molecule is Cc1cc(S(=O)(=O)Cl)cc(C(=O)OCCC(C)C)c1C. The average Bonchev–Trinajstić information content (AvgIpc) is 2.30. The fraction of sp³-hybridized carbons (Fsp3) is 0.500. The van der Waals surface area contributed by atoms with Crippen molar-refractivity contribution in [2.75, 3.05) is 6.61 Å². The lowest BCUT2D eigenvalue weighted by Crippen LogP contribution is -2.11. The largest absolute Gasteiger partial charge is 0.462 e. The fourth-order valence-electron chi connectivity index (χ4n) is 1.64. The van der Waals surface area contributed by atoms with Gasteiger partial charge in [0.25, 0.3) is 9.05 Å². The number of rotatable bonds is 5. The summed E-state index contributed by atoms with van der Waals surface area (Å²) < 4.78 is 27.9. The van der Waals surface area contributed by atoms with Gasteiger partial charge in [-0.2, -0.15) is 0 Å². The molecule has 4 nitrogen and oxygen atoms in total. The molecule has 0 aromatic heterocycles. The van der Waals surface area contributed by atoms with Crippen LogP contribution in [0.5, 0.6) is 0 Å². The van der Waals surface area contributed by atoms with Crippen molar-refractivity contribution in [3.05, 3.63) is 28.8 Å². The second-order valence-electron chi connectivity index (χ2n) is 5.17. The van der Waals surface area contributed by atoms with Crippen molar-refractivity contribution in [3.8, 4) is 0 Å². The van der Waals surface area contributed by atoms with Gasteiger partial charge >= 0.3 is 5.97 Å². The second kappa shape index (κ2) is 6.59. The van der Waals surface area contributed by atoms with Crippen molar-refractivity contribution < 1.29 is 17.9 Å². The number of hydrogen-bond donors (Lipinski definition) is 0. The molecule has 0 bridgehead atoms. The highest BCUT2D eigenvalue weighted by atomic mass is 35.7. The Morgan fingerprint density at radius 2 is 1.90 bits per heavy atom. The number of hydrogen-bond acceptors (Lipinski definition) is 4. The molecule has 0 aliphatic carbocycles. The number of aryl methyl sites for hydroxylation is 1. The van der Waals surface area contributed by atoms with Crippen molar-refractivity contribution >= 4 is 25.7 Å². The van der Waals surface area contributed by atoms with E-state index in [0.717, 1.165) is 6.42 Å². The lowest BCUT2D eigenvalue weighted by Gasteiger charge is -2.11. The normalized spacial score (nSPS) is 11.7. The lowest BCUT2D eigenvalue weighted by atomic mass is 10.0. The molecule has 0 aliphatic heterocycles. The van der Waals surface area contributed by atoms with Crippen LogP contribution < -0.4 is 0 Å². The molecule has 20 heavy (non-hydrogen) atoms. The molecule has 0 heterocycles. The van der Waals surface area contributed by atoms with Crippen LogP contribution in [-0.2, 0) is 13.8 Å². The van der Waals surface area contributed by atoms with Crippen LogP contribution in [0.1, 0.15) is 41.8 Å². The first-order valence-corrected chi connectivity index (χ1v) is 8.67. The molecule has 0 saturated heterocycles. The first-order valence-electron chi connectivity index (χ1n) is 6.36. The third-order valence-electron chi connectivity index (χ3n) is 3.07. The monoisotopic (exact) mass is 318 g/mol. The van der Waals surface area contributed by atoms with Crippen LogP contribution in [0.3, 0.4) is 0 Å². The van der Waals surface area contributed by atoms with Crippen LogP contribution >= 0.6 is 10.7 Å². The first-order chi connectivity index (χ1) is 9.12. The van der Waals surface area contributed by atoms with Crippen LogP contribution in [0.25, 0.3) is 0 Å². The molecule has 0 radical (unpaired) electrons. The molecule has 1 aromatic carbocycles. The Labute approximate surface area is 124 Å². The lowest BCUT2D eigenvalue weighted by molar-refractivity contribution is 0.0487. The van der Waals surface area contributed by atoms with Gasteiger partial charge in [0, 0.05) is 10.7 Å². The summed E-state index contributed by atoms with van der Waals surface area (Å²) in [6.07, 6.45) is 0.761. The minimum Gasteiger partial charge on any atom is -0.462 e. The van der Waals surface area contributed by atoms with Crippen molar-refractivity contribution in [2.45, 2.75) is 39.0 Å². The van der Waals surface area contributed by atoms with E-state index in [0.29, 0.717) is 23.7 Å². The van der Waals surface area contributed by atoms with E-state index in [-0.39, 0.29) is 10.5 Å². The number of esters is 1. The summed E-state index contributed by atoms with van der Waals surface area (Å²) in [5.41, 5.74) is 1.62. The van der Waals surface area contributed by atoms with Gasteiger partial charge < -0.3 is 4.74 Å². The van der Waals surface area contributed by atoms with E-state index in [4.69, 9.17) is 15.4 Å². The van der Waals surface area contributed by atoms with E-state index < -0.39 is 15.0 Å². The maximum Gasteiger partial charge on any atom is 0.338 e. The average molecular weight is 319 g/mol. The Hall–Kier alpha value is -1.07. The van der Waals surface area contributed by atoms with Crippen molar-refractivity contribution in [3.63, 3.8) is 0 Å². The summed E-state index contributed by atoms with van der Waals surface area (Å²) >= 11 is 0. The predicted molar refractivity (Wildman–Crippen MR) is 78.7 cm³/mol. The maximum absolute atomic E-state index is 12.0. The highest BCUT2D eigenvalue weighted by Gasteiger charge is 2.18. The van der Waals surface area contributed by atoms with E-state index in [9.17, 15) is 13.2 Å². The molecule has 0 saturated carbocycles. The molecule has 1 aromatic rings. The van der Waals surface area contributed by atoms with Crippen LogP contribution in [0.2, 0.25) is 0 Å². The molecule has 1 rings (SSSR count). The van der Waals surface area contributed by atoms with Crippen LogP contribution in [-0.4, -0.2) is 21.0 Å². The third-order valence-corrected chi connectivity index (χ3v) is 4.40. The zero-order chi connectivity index (χ0) is 15.5. The molecule has 0 amide bonds. The second-order valence-corrected chi connectivity index (χ2v) is 7.73. The van der Waals surface area contributed by atoms with Crippen LogP contribution in [0, 0.1) is 19.8 Å². The minimum absolute atomic E-state index is 0.0851. The molecule has 0 fully saturated rings. The first kappa shape index (κ1) is 17.0. The summed E-state index contributed by atoms with van der Waals surface area (Å²) in [6.45, 7) is 7.85. The summed E-state index contributed by atoms with van der Waals surface area (Å²) in [7, 11) is 1.46. The van der Waals surface area contributed by atoms with Crippen molar-refractivity contribution in [2.24, 2.45) is 5.92 Å². The predicted octanol–water partition coefficient (Wildman–Crippen LogP) is 3.43. The van der Waals surface area contributed by atoms with Gasteiger partial charge in [-0.15, -0.1) is 0 Å². The summed E-state index contributed by atoms with van der Waals surface area (Å²) in [5, 5.41) is 0. The zero-order valence-electron chi connectivity index (χ0n) is 12.1. The molecule has 0 aliphatic rings. The Balaban J connectivity index is 3.05. The van der Waals surface area contributed by atoms with Gasteiger partial charge in [-0.1, -0.05) is 13.8 Å². The Kier molecular flexibility index (Phi) is 5.59. The summed E-state index contributed by atoms with van der Waals surface area (Å²) in [4.78, 5) is 11.9.